The van der Waals surface area contributed by atoms with Crippen LogP contribution in [-0.2, 0) is 4.74 Å². The molecule has 0 saturated heterocycles. The SMILES string of the molecule is Cc1ccc(C(=O)[C@H](C)OC(=O)c2cnc(Cl)c(Cl)c2)cc1. The molecule has 114 valence electrons. The third-order valence-electron chi connectivity index (χ3n) is 3.02. The van der Waals surface area contributed by atoms with Gasteiger partial charge in [0.15, 0.2) is 6.10 Å². The van der Waals surface area contributed by atoms with Gasteiger partial charge in [0.1, 0.15) is 5.15 Å². The van der Waals surface area contributed by atoms with Crippen molar-refractivity contribution in [2.24, 2.45) is 0 Å². The number of aryl methyl sites for hydroxylation is 1. The highest BCUT2D eigenvalue weighted by Crippen LogP contribution is 2.20. The van der Waals surface area contributed by atoms with Crippen LogP contribution in [0.25, 0.3) is 0 Å². The highest BCUT2D eigenvalue weighted by molar-refractivity contribution is 6.41. The van der Waals surface area contributed by atoms with Gasteiger partial charge in [-0.3, -0.25) is 4.79 Å². The fraction of sp³-hybridized carbons (Fsp3) is 0.188. The second-order valence-corrected chi connectivity index (χ2v) is 5.54. The van der Waals surface area contributed by atoms with Gasteiger partial charge in [0.05, 0.1) is 10.6 Å². The van der Waals surface area contributed by atoms with Gasteiger partial charge < -0.3 is 4.74 Å². The quantitative estimate of drug-likeness (QED) is 0.478. The number of rotatable bonds is 4. The summed E-state index contributed by atoms with van der Waals surface area (Å²) >= 11 is 11.5. The number of carbonyl (C=O) groups excluding carboxylic acids is 2. The summed E-state index contributed by atoms with van der Waals surface area (Å²) in [6.07, 6.45) is 0.337. The minimum Gasteiger partial charge on any atom is -0.451 e. The normalized spacial score (nSPS) is 11.8. The molecule has 0 N–H and O–H groups in total. The highest BCUT2D eigenvalue weighted by atomic mass is 35.5. The topological polar surface area (TPSA) is 56.3 Å². The van der Waals surface area contributed by atoms with Gasteiger partial charge >= 0.3 is 5.97 Å². The van der Waals surface area contributed by atoms with E-state index >= 15 is 0 Å². The van der Waals surface area contributed by atoms with Crippen molar-refractivity contribution in [3.05, 3.63) is 63.4 Å². The van der Waals surface area contributed by atoms with Crippen LogP contribution in [0.2, 0.25) is 10.2 Å². The van der Waals surface area contributed by atoms with Gasteiger partial charge in [-0.25, -0.2) is 9.78 Å². The average molecular weight is 338 g/mol. The lowest BCUT2D eigenvalue weighted by atomic mass is 10.1. The third-order valence-corrected chi connectivity index (χ3v) is 3.71. The number of ether oxygens (including phenoxy) is 1. The number of hydrogen-bond acceptors (Lipinski definition) is 4. The average Bonchev–Trinajstić information content (AvgIpc) is 2.50. The Hall–Kier alpha value is -1.91. The molecular weight excluding hydrogens is 325 g/mol. The van der Waals surface area contributed by atoms with Gasteiger partial charge in [-0.15, -0.1) is 0 Å². The molecule has 0 bridgehead atoms. The summed E-state index contributed by atoms with van der Waals surface area (Å²) in [7, 11) is 0. The number of ketones is 1. The Bertz CT molecular complexity index is 714. The number of hydrogen-bond donors (Lipinski definition) is 0. The molecule has 0 spiro atoms. The van der Waals surface area contributed by atoms with Crippen LogP contribution in [0, 0.1) is 6.92 Å². The molecule has 1 heterocycles. The smallest absolute Gasteiger partial charge is 0.340 e. The van der Waals surface area contributed by atoms with Crippen LogP contribution in [-0.4, -0.2) is 22.8 Å². The third kappa shape index (κ3) is 3.84. The summed E-state index contributed by atoms with van der Waals surface area (Å²) in [4.78, 5) is 28.0. The number of esters is 1. The van der Waals surface area contributed by atoms with Crippen LogP contribution in [0.4, 0.5) is 0 Å². The van der Waals surface area contributed by atoms with Crippen LogP contribution in [0.3, 0.4) is 0 Å². The fourth-order valence-electron chi connectivity index (χ4n) is 1.77. The van der Waals surface area contributed by atoms with E-state index in [4.69, 9.17) is 27.9 Å². The van der Waals surface area contributed by atoms with Gasteiger partial charge in [0, 0.05) is 11.8 Å². The second-order valence-electron chi connectivity index (χ2n) is 4.77. The predicted molar refractivity (Wildman–Crippen MR) is 84.6 cm³/mol. The highest BCUT2D eigenvalue weighted by Gasteiger charge is 2.21. The van der Waals surface area contributed by atoms with Gasteiger partial charge in [0.2, 0.25) is 5.78 Å². The summed E-state index contributed by atoms with van der Waals surface area (Å²) in [6.45, 7) is 3.44. The Morgan fingerprint density at radius 1 is 1.14 bits per heavy atom. The maximum atomic E-state index is 12.2. The number of aromatic nitrogens is 1. The van der Waals surface area contributed by atoms with Crippen LogP contribution < -0.4 is 0 Å². The lowest BCUT2D eigenvalue weighted by Gasteiger charge is -2.12. The van der Waals surface area contributed by atoms with Crippen molar-refractivity contribution in [3.8, 4) is 0 Å². The number of halogens is 2. The van der Waals surface area contributed by atoms with Crippen molar-refractivity contribution in [2.75, 3.05) is 0 Å². The first kappa shape index (κ1) is 16.5. The zero-order chi connectivity index (χ0) is 16.3. The van der Waals surface area contributed by atoms with E-state index in [1.807, 2.05) is 19.1 Å². The van der Waals surface area contributed by atoms with E-state index in [-0.39, 0.29) is 21.5 Å². The molecule has 22 heavy (non-hydrogen) atoms. The Kier molecular flexibility index (Phi) is 5.16. The number of carbonyl (C=O) groups is 2. The van der Waals surface area contributed by atoms with E-state index in [0.29, 0.717) is 5.56 Å². The summed E-state index contributed by atoms with van der Waals surface area (Å²) < 4.78 is 5.15. The van der Waals surface area contributed by atoms with Crippen LogP contribution >= 0.6 is 23.2 Å². The number of benzene rings is 1. The molecule has 0 aliphatic carbocycles. The molecule has 1 aromatic carbocycles. The Balaban J connectivity index is 2.08. The van der Waals surface area contributed by atoms with E-state index in [9.17, 15) is 9.59 Å². The minimum atomic E-state index is -0.912. The second kappa shape index (κ2) is 6.90. The van der Waals surface area contributed by atoms with E-state index in [1.165, 1.54) is 19.2 Å². The standard InChI is InChI=1S/C16H13Cl2NO3/c1-9-3-5-11(6-4-9)14(20)10(2)22-16(21)12-7-13(17)15(18)19-8-12/h3-8,10H,1-2H3/t10-/m0/s1. The van der Waals surface area contributed by atoms with Crippen LogP contribution in [0.1, 0.15) is 33.2 Å². The van der Waals surface area contributed by atoms with E-state index in [0.717, 1.165) is 5.56 Å². The van der Waals surface area contributed by atoms with Crippen molar-refractivity contribution in [2.45, 2.75) is 20.0 Å². The Morgan fingerprint density at radius 3 is 2.36 bits per heavy atom. The maximum absolute atomic E-state index is 12.2. The van der Waals surface area contributed by atoms with E-state index in [1.54, 1.807) is 12.1 Å². The summed E-state index contributed by atoms with van der Waals surface area (Å²) in [5, 5.41) is 0.246. The first-order valence-electron chi connectivity index (χ1n) is 6.51. The van der Waals surface area contributed by atoms with Crippen LogP contribution in [0.5, 0.6) is 0 Å². The molecule has 4 nitrogen and oxygen atoms in total. The first-order valence-corrected chi connectivity index (χ1v) is 7.27. The molecule has 1 atom stereocenters. The molecule has 2 rings (SSSR count). The van der Waals surface area contributed by atoms with Gasteiger partial charge in [-0.05, 0) is 19.9 Å². The molecular formula is C16H13Cl2NO3. The first-order chi connectivity index (χ1) is 10.4. The number of pyridine rings is 1. The molecule has 1 aromatic heterocycles. The fourth-order valence-corrected chi connectivity index (χ4v) is 2.04. The monoisotopic (exact) mass is 337 g/mol. The zero-order valence-corrected chi connectivity index (χ0v) is 13.5. The van der Waals surface area contributed by atoms with E-state index < -0.39 is 12.1 Å². The number of Topliss-reactive ketones (excluding diaryl/α,β-unsaturated/α-hetero) is 1. The molecule has 0 aliphatic heterocycles. The predicted octanol–water partition coefficient (Wildman–Crippen LogP) is 4.13. The van der Waals surface area contributed by atoms with Gasteiger partial charge in [0.25, 0.3) is 0 Å². The molecule has 0 fully saturated rings. The minimum absolute atomic E-state index is 0.0991. The lowest BCUT2D eigenvalue weighted by molar-refractivity contribution is 0.0318. The van der Waals surface area contributed by atoms with Gasteiger partial charge in [-0.2, -0.15) is 0 Å². The molecule has 2 aromatic rings. The van der Waals surface area contributed by atoms with Crippen molar-refractivity contribution in [1.29, 1.82) is 0 Å². The maximum Gasteiger partial charge on any atom is 0.340 e. The molecule has 0 amide bonds. The molecule has 0 radical (unpaired) electrons. The largest absolute Gasteiger partial charge is 0.451 e. The number of nitrogens with zero attached hydrogens (tertiary/aromatic N) is 1. The molecule has 0 unspecified atom stereocenters. The van der Waals surface area contributed by atoms with Gasteiger partial charge in [-0.1, -0.05) is 53.0 Å². The summed E-state index contributed by atoms with van der Waals surface area (Å²) in [6, 6.07) is 8.39. The van der Waals surface area contributed by atoms with Crippen molar-refractivity contribution in [1.82, 2.24) is 4.98 Å². The van der Waals surface area contributed by atoms with E-state index in [2.05, 4.69) is 4.98 Å². The van der Waals surface area contributed by atoms with Crippen molar-refractivity contribution < 1.29 is 14.3 Å². The molecule has 0 saturated carbocycles. The Labute approximate surface area is 138 Å². The lowest BCUT2D eigenvalue weighted by Crippen LogP contribution is -2.24. The van der Waals surface area contributed by atoms with Crippen molar-refractivity contribution >= 4 is 35.0 Å². The molecule has 0 aliphatic rings. The summed E-state index contributed by atoms with van der Waals surface area (Å²) in [5.74, 6) is -0.958. The zero-order valence-electron chi connectivity index (χ0n) is 12.0. The van der Waals surface area contributed by atoms with Crippen LogP contribution in [0.15, 0.2) is 36.5 Å². The molecule has 6 heteroatoms. The van der Waals surface area contributed by atoms with Crippen molar-refractivity contribution in [3.63, 3.8) is 0 Å². The Morgan fingerprint density at radius 2 is 1.77 bits per heavy atom. The summed E-state index contributed by atoms with van der Waals surface area (Å²) in [5.41, 5.74) is 1.67.